The standard InChI is InChI=1S/C32H29ClN4O.C28H21Cl2N3.C21H17ClN2.C18H17ClN4O.C7H7NO2.C4H9NO.CH4.FH/c33-29-20-26(37(22-24-8-3-1-4-9-24)23-25-10-5-2-6-11-25)13-14-27(29)31-21-30-28(12-7-15-34-30)32(35-31)36-16-18-38-19-17-36;29-25-16-22(13-14-23(25)27-17-26-24(28(30)32-27)12-7-15-31-26)33(18-20-8-3-1-4-9-20)19-21-10-5-2-6-11-21;22-21-13-20(12-11-19(21)14-23)24(15-17-7-3-1-4-8-17)16-18-9-5-2-6-10-18;19-15-10-12(20)3-4-13(15)17-11-16-14(2-1-5-21-16)18(22-17)23-6-8-24-9-7-23;1-5-6(7(9)10)3-2-4-8-5;1-3-6-4-2-5-1;;/h1-15,20-21H,16-19,22-23H2;1-17H,18-19H2;1-13H,15-16H2;1-5,10-11H,6-9,20H2;2-4H,1H3,(H,9,10);5H,1-4H2;1H4;1H. The van der Waals surface area contributed by atoms with Crippen LogP contribution in [0.2, 0.25) is 25.2 Å². The largest absolute Gasteiger partial charge is 0.478 e. The normalized spacial score (nSPS) is 12.5. The number of nitrogens with two attached hydrogens (primary N) is 1. The van der Waals surface area contributed by atoms with E-state index in [-0.39, 0.29) is 17.7 Å². The maximum Gasteiger partial charge on any atom is 0.337 e. The third-order valence-corrected chi connectivity index (χ3v) is 24.1. The van der Waals surface area contributed by atoms with Crippen LogP contribution in [0.5, 0.6) is 0 Å². The van der Waals surface area contributed by atoms with Crippen LogP contribution in [0.1, 0.15) is 62.4 Å². The molecule has 0 atom stereocenters. The first-order valence-corrected chi connectivity index (χ1v) is 46.4. The van der Waals surface area contributed by atoms with E-state index in [1.54, 1.807) is 43.7 Å². The van der Waals surface area contributed by atoms with Crippen molar-refractivity contribution in [2.75, 3.05) is 109 Å². The average Bonchev–Trinajstić information content (AvgIpc) is 0.768. The Labute approximate surface area is 823 Å². The Kier molecular flexibility index (Phi) is 37.5. The van der Waals surface area contributed by atoms with Crippen molar-refractivity contribution in [1.29, 1.82) is 5.26 Å². The smallest absolute Gasteiger partial charge is 0.337 e. The van der Waals surface area contributed by atoms with E-state index in [2.05, 4.69) is 219 Å². The van der Waals surface area contributed by atoms with E-state index in [1.807, 2.05) is 146 Å². The number of anilines is 6. The van der Waals surface area contributed by atoms with Crippen LogP contribution < -0.4 is 35.6 Å². The van der Waals surface area contributed by atoms with E-state index in [0.717, 1.165) is 181 Å². The Morgan fingerprint density at radius 1 is 0.394 bits per heavy atom. The zero-order valence-corrected chi connectivity index (χ0v) is 78.7. The van der Waals surface area contributed by atoms with E-state index in [4.69, 9.17) is 98.3 Å². The molecule has 10 aromatic carbocycles. The first-order chi connectivity index (χ1) is 66.1. The minimum absolute atomic E-state index is 0. The molecule has 20 nitrogen and oxygen atoms in total. The van der Waals surface area contributed by atoms with E-state index in [0.29, 0.717) is 74.3 Å². The molecule has 696 valence electrons. The number of aromatic nitrogens is 7. The van der Waals surface area contributed by atoms with Crippen molar-refractivity contribution in [2.24, 2.45) is 0 Å². The SMILES string of the molecule is C.C1COCCN1.Cc1ncccc1C(=O)O.Clc1cc(N(Cc2ccccc2)Cc2ccccc2)ccc1-c1cc2ncccc2c(Cl)n1.Clc1cc(N(Cc2ccccc2)Cc2ccccc2)ccc1-c1cc2ncccc2c(N2CCOCC2)n1.F.N#Cc1ccc(N(Cc2ccccc2)Cc2ccccc2)cc1Cl.Nc1ccc(-c2cc3ncccc3c(N3CCOCC3)n2)c(Cl)c1. The third kappa shape index (κ3) is 28.1. The van der Waals surface area contributed by atoms with Gasteiger partial charge in [-0.2, -0.15) is 5.26 Å². The van der Waals surface area contributed by atoms with E-state index in [1.165, 1.54) is 39.4 Å². The molecule has 4 N–H and O–H groups in total. The molecule has 26 heteroatoms. The molecule has 17 aromatic rings. The zero-order valence-electron chi connectivity index (χ0n) is 74.9. The lowest BCUT2D eigenvalue weighted by Crippen LogP contribution is -2.37. The van der Waals surface area contributed by atoms with Crippen LogP contribution in [0.4, 0.5) is 39.1 Å². The maximum atomic E-state index is 10.4. The highest BCUT2D eigenvalue weighted by Gasteiger charge is 2.24. The van der Waals surface area contributed by atoms with Crippen LogP contribution >= 0.6 is 58.0 Å². The molecule has 0 saturated carbocycles. The summed E-state index contributed by atoms with van der Waals surface area (Å²) in [6.07, 6.45) is 6.94. The Hall–Kier alpha value is -14.0. The highest BCUT2D eigenvalue weighted by atomic mass is 35.5. The number of nitrogens with zero attached hydrogens (tertiary/aromatic N) is 13. The minimum Gasteiger partial charge on any atom is -0.478 e. The third-order valence-electron chi connectivity index (χ3n) is 22.6. The molecule has 0 unspecified atom stereocenters. The quantitative estimate of drug-likeness (QED) is 0.0448. The van der Waals surface area contributed by atoms with Crippen molar-refractivity contribution in [3.63, 3.8) is 0 Å². The lowest BCUT2D eigenvalue weighted by Gasteiger charge is -2.29. The zero-order chi connectivity index (χ0) is 93.5. The molecule has 10 heterocycles. The number of hydrogen-bond acceptors (Lipinski definition) is 19. The lowest BCUT2D eigenvalue weighted by atomic mass is 10.1. The summed E-state index contributed by atoms with van der Waals surface area (Å²) in [5, 5.41) is 26.5. The van der Waals surface area contributed by atoms with Gasteiger partial charge in [-0.15, -0.1) is 0 Å². The van der Waals surface area contributed by atoms with Gasteiger partial charge in [-0.25, -0.2) is 19.7 Å². The molecular formula is C111H105Cl5FN15O5. The molecular weight excluding hydrogens is 1820 g/mol. The van der Waals surface area contributed by atoms with E-state index in [9.17, 15) is 4.79 Å². The van der Waals surface area contributed by atoms with Crippen LogP contribution in [-0.2, 0) is 53.5 Å². The van der Waals surface area contributed by atoms with Gasteiger partial charge in [0, 0.05) is 159 Å². The number of aromatic carboxylic acids is 1. The first-order valence-electron chi connectivity index (χ1n) is 44.5. The summed E-state index contributed by atoms with van der Waals surface area (Å²) in [7, 11) is 0. The summed E-state index contributed by atoms with van der Waals surface area (Å²) in [5.41, 5.74) is 25.8. The number of nitriles is 1. The van der Waals surface area contributed by atoms with Crippen molar-refractivity contribution >= 4 is 131 Å². The van der Waals surface area contributed by atoms with Gasteiger partial charge in [-0.1, -0.05) is 247 Å². The molecule has 0 amide bonds. The number of carbonyl (C=O) groups is 1. The van der Waals surface area contributed by atoms with Gasteiger partial charge in [0.25, 0.3) is 0 Å². The summed E-state index contributed by atoms with van der Waals surface area (Å²) < 4.78 is 16.0. The molecule has 3 fully saturated rings. The summed E-state index contributed by atoms with van der Waals surface area (Å²) in [6.45, 7) is 16.2. The molecule has 0 spiro atoms. The van der Waals surface area contributed by atoms with Gasteiger partial charge in [-0.05, 0) is 180 Å². The topological polar surface area (TPSA) is 233 Å². The van der Waals surface area contributed by atoms with Crippen molar-refractivity contribution in [2.45, 2.75) is 53.6 Å². The van der Waals surface area contributed by atoms with Gasteiger partial charge in [0.1, 0.15) is 22.9 Å². The van der Waals surface area contributed by atoms with Gasteiger partial charge in [0.2, 0.25) is 0 Å². The molecule has 0 radical (unpaired) electrons. The first kappa shape index (κ1) is 100. The van der Waals surface area contributed by atoms with Crippen LogP contribution in [0, 0.1) is 18.3 Å². The van der Waals surface area contributed by atoms with Crippen molar-refractivity contribution < 1.29 is 28.8 Å². The Balaban J connectivity index is 0.000000147. The highest BCUT2D eigenvalue weighted by Crippen LogP contribution is 2.40. The number of benzene rings is 10. The molecule has 0 aliphatic carbocycles. The van der Waals surface area contributed by atoms with Gasteiger partial charge in [0.15, 0.2) is 0 Å². The molecule has 3 saturated heterocycles. The summed E-state index contributed by atoms with van der Waals surface area (Å²) in [4.78, 5) is 53.8. The molecule has 20 rings (SSSR count). The van der Waals surface area contributed by atoms with Gasteiger partial charge >= 0.3 is 5.97 Å². The number of aryl methyl sites for hydroxylation is 1. The van der Waals surface area contributed by atoms with Gasteiger partial charge in [0.05, 0.1) is 110 Å². The number of pyridine rings is 7. The monoisotopic (exact) mass is 1920 g/mol. The number of ether oxygens (including phenoxy) is 3. The van der Waals surface area contributed by atoms with Crippen molar-refractivity contribution in [1.82, 2.24) is 40.2 Å². The average molecular weight is 1930 g/mol. The molecule has 0 bridgehead atoms. The van der Waals surface area contributed by atoms with Crippen LogP contribution in [-0.4, -0.2) is 125 Å². The lowest BCUT2D eigenvalue weighted by molar-refractivity contribution is 0.0695. The fourth-order valence-electron chi connectivity index (χ4n) is 15.7. The number of morpholine rings is 3. The van der Waals surface area contributed by atoms with Crippen LogP contribution in [0.25, 0.3) is 66.5 Å². The summed E-state index contributed by atoms with van der Waals surface area (Å²) in [5.74, 6) is 0.932. The second-order valence-corrected chi connectivity index (χ2v) is 34.0. The Morgan fingerprint density at radius 2 is 0.715 bits per heavy atom. The number of hydrogen-bond donors (Lipinski definition) is 3. The summed E-state index contributed by atoms with van der Waals surface area (Å²) in [6, 6.07) is 109. The number of halogens is 6. The fourth-order valence-corrected chi connectivity index (χ4v) is 17.0. The predicted octanol–water partition coefficient (Wildman–Crippen LogP) is 25.1. The Morgan fingerprint density at radius 3 is 1.04 bits per heavy atom. The van der Waals surface area contributed by atoms with Crippen molar-refractivity contribution in [3.05, 3.63) is 422 Å². The maximum absolute atomic E-state index is 10.4. The number of rotatable bonds is 21. The number of carboxylic acid groups (broad SMARTS) is 1. The van der Waals surface area contributed by atoms with Crippen LogP contribution in [0.15, 0.2) is 346 Å². The number of fused-ring (bicyclic) bond motifs is 3. The highest BCUT2D eigenvalue weighted by molar-refractivity contribution is 6.36. The number of carboxylic acids is 1. The minimum atomic E-state index is -0.925. The molecule has 3 aliphatic rings. The molecule has 3 aliphatic heterocycles. The van der Waals surface area contributed by atoms with Crippen LogP contribution in [0.3, 0.4) is 0 Å². The van der Waals surface area contributed by atoms with E-state index >= 15 is 0 Å². The van der Waals surface area contributed by atoms with Gasteiger partial charge in [-0.3, -0.25) is 24.6 Å². The van der Waals surface area contributed by atoms with Crippen molar-refractivity contribution in [3.8, 4) is 39.8 Å². The second-order valence-electron chi connectivity index (χ2n) is 32.0. The van der Waals surface area contributed by atoms with Gasteiger partial charge < -0.3 is 54.9 Å². The Bertz CT molecular complexity index is 6670. The predicted molar refractivity (Wildman–Crippen MR) is 559 cm³/mol. The number of nitrogen functional groups attached to an aromatic ring is 1. The summed E-state index contributed by atoms with van der Waals surface area (Å²) >= 11 is 32.8. The number of nitrogens with one attached hydrogen (secondary N) is 1. The van der Waals surface area contributed by atoms with E-state index < -0.39 is 5.97 Å². The molecule has 137 heavy (non-hydrogen) atoms. The fraction of sp³-hybridized carbons (Fsp3) is 0.180. The second kappa shape index (κ2) is 51.1. The molecule has 7 aromatic heterocycles.